The number of ether oxygens (including phenoxy) is 3. The lowest BCUT2D eigenvalue weighted by Gasteiger charge is -2.37. The van der Waals surface area contributed by atoms with E-state index in [1.165, 1.54) is 0 Å². The summed E-state index contributed by atoms with van der Waals surface area (Å²) in [6.45, 7) is 15.0. The van der Waals surface area contributed by atoms with Crippen LogP contribution in [-0.4, -0.2) is 49.6 Å². The van der Waals surface area contributed by atoms with Gasteiger partial charge in [0.15, 0.2) is 0 Å². The molecule has 1 aliphatic heterocycles. The van der Waals surface area contributed by atoms with Gasteiger partial charge in [0.25, 0.3) is 17.4 Å². The summed E-state index contributed by atoms with van der Waals surface area (Å²) in [5.74, 6) is 0.707. The maximum Gasteiger partial charge on any atom is 0.261 e. The molecule has 2 heterocycles. The van der Waals surface area contributed by atoms with Crippen LogP contribution in [0.2, 0.25) is 0 Å². The Morgan fingerprint density at radius 3 is 2.00 bits per heavy atom. The standard InChI is InChI=1S/C54H60N4O6/c1-8-58(44-23-25-62-26-24-44)49-29-42(28-46(38(49)6)52(59)55-32-48-36(4)27-37(5)56-53(48)60)41-19-21-43(22-20-41)57(7)54(61)47-30-45(35(2)3)50(63-33-39-15-11-9-12-16-39)31-51(47)64-34-40-17-13-10-14-18-40/h9-22,27-31,35,44H,8,23-26,32-34H2,1-7H3,(H,55,59)(H,56,60). The maximum atomic E-state index is 14.6. The van der Waals surface area contributed by atoms with Crippen molar-refractivity contribution >= 4 is 23.2 Å². The van der Waals surface area contributed by atoms with Crippen LogP contribution >= 0.6 is 0 Å². The van der Waals surface area contributed by atoms with E-state index in [1.54, 1.807) is 11.9 Å². The number of rotatable bonds is 16. The highest BCUT2D eigenvalue weighted by Crippen LogP contribution is 2.38. The smallest absolute Gasteiger partial charge is 0.261 e. The SMILES string of the molecule is CCN(c1cc(-c2ccc(N(C)C(=O)c3cc(C(C)C)c(OCc4ccccc4)cc3OCc3ccccc3)cc2)cc(C(=O)NCc2c(C)cc(C)[nH]c2=O)c1C)C1CCOCC1. The van der Waals surface area contributed by atoms with Crippen molar-refractivity contribution in [1.82, 2.24) is 10.3 Å². The molecule has 10 nitrogen and oxygen atoms in total. The highest BCUT2D eigenvalue weighted by molar-refractivity contribution is 6.08. The summed E-state index contributed by atoms with van der Waals surface area (Å²) in [4.78, 5) is 48.4. The number of aromatic amines is 1. The number of carbonyl (C=O) groups is 2. The summed E-state index contributed by atoms with van der Waals surface area (Å²) < 4.78 is 18.5. The summed E-state index contributed by atoms with van der Waals surface area (Å²) in [5, 5.41) is 3.04. The average molecular weight is 861 g/mol. The largest absolute Gasteiger partial charge is 0.488 e. The van der Waals surface area contributed by atoms with Crippen molar-refractivity contribution in [3.63, 3.8) is 0 Å². The molecule has 332 valence electrons. The number of hydrogen-bond acceptors (Lipinski definition) is 7. The molecule has 2 N–H and O–H groups in total. The Balaban J connectivity index is 1.20. The molecule has 1 saturated heterocycles. The van der Waals surface area contributed by atoms with E-state index in [2.05, 4.69) is 42.0 Å². The van der Waals surface area contributed by atoms with E-state index < -0.39 is 0 Å². The second-order valence-corrected chi connectivity index (χ2v) is 16.9. The predicted molar refractivity (Wildman–Crippen MR) is 256 cm³/mol. The fraction of sp³-hybridized carbons (Fsp3) is 0.315. The zero-order valence-corrected chi connectivity index (χ0v) is 38.1. The van der Waals surface area contributed by atoms with Gasteiger partial charge in [-0.05, 0) is 122 Å². The highest BCUT2D eigenvalue weighted by Gasteiger charge is 2.26. The zero-order chi connectivity index (χ0) is 45.3. The second-order valence-electron chi connectivity index (χ2n) is 16.9. The maximum absolute atomic E-state index is 14.6. The van der Waals surface area contributed by atoms with E-state index in [0.29, 0.717) is 53.7 Å². The van der Waals surface area contributed by atoms with E-state index in [9.17, 15) is 14.4 Å². The molecule has 5 aromatic carbocycles. The van der Waals surface area contributed by atoms with E-state index in [1.807, 2.05) is 130 Å². The second kappa shape index (κ2) is 20.7. The van der Waals surface area contributed by atoms with Crippen molar-refractivity contribution < 1.29 is 23.8 Å². The Labute approximate surface area is 377 Å². The van der Waals surface area contributed by atoms with Gasteiger partial charge >= 0.3 is 0 Å². The van der Waals surface area contributed by atoms with Gasteiger partial charge in [0, 0.05) is 73.7 Å². The first-order valence-electron chi connectivity index (χ1n) is 22.3. The van der Waals surface area contributed by atoms with E-state index in [0.717, 1.165) is 69.7 Å². The number of benzene rings is 5. The molecule has 1 aliphatic rings. The summed E-state index contributed by atoms with van der Waals surface area (Å²) >= 11 is 0. The Morgan fingerprint density at radius 2 is 1.41 bits per heavy atom. The monoisotopic (exact) mass is 860 g/mol. The molecule has 0 saturated carbocycles. The van der Waals surface area contributed by atoms with E-state index in [-0.39, 0.29) is 42.5 Å². The van der Waals surface area contributed by atoms with Crippen molar-refractivity contribution in [3.8, 4) is 22.6 Å². The van der Waals surface area contributed by atoms with Crippen LogP contribution in [0, 0.1) is 20.8 Å². The third-order valence-electron chi connectivity index (χ3n) is 12.2. The summed E-state index contributed by atoms with van der Waals surface area (Å²) in [6.07, 6.45) is 1.79. The van der Waals surface area contributed by atoms with Gasteiger partial charge in [-0.3, -0.25) is 14.4 Å². The Hall–Kier alpha value is -6.65. The molecule has 7 rings (SSSR count). The molecule has 6 aromatic rings. The zero-order valence-electron chi connectivity index (χ0n) is 38.1. The minimum absolute atomic E-state index is 0.0703. The predicted octanol–water partition coefficient (Wildman–Crippen LogP) is 10.5. The van der Waals surface area contributed by atoms with E-state index in [4.69, 9.17) is 14.2 Å². The number of nitrogens with one attached hydrogen (secondary N) is 2. The molecule has 0 spiro atoms. The highest BCUT2D eigenvalue weighted by atomic mass is 16.5. The molecule has 0 bridgehead atoms. The first-order chi connectivity index (χ1) is 30.9. The van der Waals surface area contributed by atoms with Crippen LogP contribution in [0.15, 0.2) is 120 Å². The van der Waals surface area contributed by atoms with Crippen LogP contribution in [0.1, 0.15) is 99.3 Å². The molecule has 64 heavy (non-hydrogen) atoms. The first-order valence-corrected chi connectivity index (χ1v) is 22.3. The van der Waals surface area contributed by atoms with Gasteiger partial charge in [-0.15, -0.1) is 0 Å². The molecule has 0 aliphatic carbocycles. The number of carbonyl (C=O) groups excluding carboxylic acids is 2. The Morgan fingerprint density at radius 1 is 0.781 bits per heavy atom. The van der Waals surface area contributed by atoms with Gasteiger partial charge < -0.3 is 34.3 Å². The van der Waals surface area contributed by atoms with Crippen molar-refractivity contribution in [1.29, 1.82) is 0 Å². The van der Waals surface area contributed by atoms with Crippen LogP contribution in [0.5, 0.6) is 11.5 Å². The van der Waals surface area contributed by atoms with Gasteiger partial charge in [0.2, 0.25) is 0 Å². The minimum atomic E-state index is -0.257. The fourth-order valence-corrected chi connectivity index (χ4v) is 8.47. The Bertz CT molecular complexity index is 2620. The normalized spacial score (nSPS) is 12.8. The lowest BCUT2D eigenvalue weighted by atomic mass is 9.95. The number of H-pyrrole nitrogens is 1. The Kier molecular flexibility index (Phi) is 14.7. The van der Waals surface area contributed by atoms with E-state index >= 15 is 0 Å². The molecule has 1 fully saturated rings. The van der Waals surface area contributed by atoms with Crippen molar-refractivity contribution in [2.24, 2.45) is 0 Å². The molecule has 0 atom stereocenters. The molecule has 10 heteroatoms. The molecular weight excluding hydrogens is 801 g/mol. The number of pyridine rings is 1. The van der Waals surface area contributed by atoms with Gasteiger partial charge in [0.05, 0.1) is 5.56 Å². The number of amides is 2. The molecule has 0 unspecified atom stereocenters. The number of anilines is 2. The number of nitrogens with zero attached hydrogens (tertiary/aromatic N) is 2. The van der Waals surface area contributed by atoms with Gasteiger partial charge in [-0.1, -0.05) is 86.6 Å². The lowest BCUT2D eigenvalue weighted by molar-refractivity contribution is 0.0845. The molecule has 2 amide bonds. The molecule has 0 radical (unpaired) electrons. The fourth-order valence-electron chi connectivity index (χ4n) is 8.47. The van der Waals surface area contributed by atoms with Crippen molar-refractivity contribution in [2.45, 2.75) is 86.1 Å². The topological polar surface area (TPSA) is 113 Å². The molecular formula is C54H60N4O6. The van der Waals surface area contributed by atoms with Crippen LogP contribution in [0.25, 0.3) is 11.1 Å². The van der Waals surface area contributed by atoms with Crippen LogP contribution in [0.3, 0.4) is 0 Å². The van der Waals surface area contributed by atoms with Gasteiger partial charge in [-0.25, -0.2) is 0 Å². The van der Waals surface area contributed by atoms with Gasteiger partial charge in [0.1, 0.15) is 24.7 Å². The molecule has 1 aromatic heterocycles. The minimum Gasteiger partial charge on any atom is -0.488 e. The first kappa shape index (κ1) is 45.4. The average Bonchev–Trinajstić information content (AvgIpc) is 3.31. The van der Waals surface area contributed by atoms with Crippen LogP contribution in [-0.2, 0) is 24.5 Å². The number of aryl methyl sites for hydroxylation is 2. The quantitative estimate of drug-likeness (QED) is 0.0996. The van der Waals surface area contributed by atoms with Gasteiger partial charge in [-0.2, -0.15) is 0 Å². The third-order valence-corrected chi connectivity index (χ3v) is 12.2. The van der Waals surface area contributed by atoms with Crippen LogP contribution in [0.4, 0.5) is 11.4 Å². The third kappa shape index (κ3) is 10.6. The summed E-state index contributed by atoms with van der Waals surface area (Å²) in [6, 6.07) is 37.8. The summed E-state index contributed by atoms with van der Waals surface area (Å²) in [7, 11) is 1.77. The lowest BCUT2D eigenvalue weighted by Crippen LogP contribution is -2.40. The van der Waals surface area contributed by atoms with Crippen LogP contribution < -0.4 is 30.1 Å². The number of hydrogen-bond donors (Lipinski definition) is 2. The number of aromatic nitrogens is 1. The van der Waals surface area contributed by atoms with Crippen molar-refractivity contribution in [2.75, 3.05) is 36.6 Å². The summed E-state index contributed by atoms with van der Waals surface area (Å²) in [5.41, 5.74) is 10.1. The van der Waals surface area contributed by atoms with Crippen molar-refractivity contribution in [3.05, 3.63) is 176 Å².